The van der Waals surface area contributed by atoms with Crippen LogP contribution >= 0.6 is 0 Å². The predicted molar refractivity (Wildman–Crippen MR) is 358 cm³/mol. The van der Waals surface area contributed by atoms with Gasteiger partial charge in [0.2, 0.25) is 11.6 Å². The molecule has 6 atom stereocenters. The molecule has 0 spiro atoms. The van der Waals surface area contributed by atoms with E-state index < -0.39 is 179 Å². The first-order valence-electron chi connectivity index (χ1n) is 32.3. The summed E-state index contributed by atoms with van der Waals surface area (Å²) in [5.41, 5.74) is -1.04. The van der Waals surface area contributed by atoms with Crippen LogP contribution in [0.25, 0.3) is 0 Å². The Bertz CT molecular complexity index is 3120. The molecule has 0 aromatic carbocycles. The number of hydrogen-bond donors (Lipinski definition) is 18. The van der Waals surface area contributed by atoms with Crippen LogP contribution in [-0.4, -0.2) is 229 Å². The van der Waals surface area contributed by atoms with Gasteiger partial charge in [0.15, 0.2) is 0 Å². The van der Waals surface area contributed by atoms with Crippen LogP contribution in [0.15, 0.2) is 36.4 Å². The lowest BCUT2D eigenvalue weighted by Gasteiger charge is -2.23. The van der Waals surface area contributed by atoms with Crippen LogP contribution in [0.5, 0.6) is 0 Å². The number of aromatic nitrogens is 3. The van der Waals surface area contributed by atoms with Crippen LogP contribution in [0.1, 0.15) is 121 Å². The van der Waals surface area contributed by atoms with E-state index in [1.54, 1.807) is 0 Å². The second-order valence-corrected chi connectivity index (χ2v) is 23.2. The van der Waals surface area contributed by atoms with Gasteiger partial charge in [-0.2, -0.15) is 0 Å². The molecule has 3 heterocycles. The van der Waals surface area contributed by atoms with Crippen molar-refractivity contribution in [3.63, 3.8) is 0 Å². The van der Waals surface area contributed by atoms with E-state index in [0.717, 1.165) is 0 Å². The summed E-state index contributed by atoms with van der Waals surface area (Å²) in [6, 6.07) is -0.895. The number of nitrogens with zero attached hydrogens (tertiary/aromatic N) is 7. The van der Waals surface area contributed by atoms with E-state index in [9.17, 15) is 119 Å². The second-order valence-electron chi connectivity index (χ2n) is 23.2. The number of aliphatic carboxylic acids is 9. The van der Waals surface area contributed by atoms with Gasteiger partial charge in [-0.05, 0) is 95.2 Å². The fourth-order valence-corrected chi connectivity index (χ4v) is 10.0. The number of nitrogens with one attached hydrogen (secondary N) is 9. The number of pyridine rings is 3. The highest BCUT2D eigenvalue weighted by molar-refractivity contribution is 5.88. The maximum Gasteiger partial charge on any atom is 0.326 e. The predicted octanol–water partition coefficient (Wildman–Crippen LogP) is 3.56. The molecule has 0 aliphatic heterocycles. The highest BCUT2D eigenvalue weighted by Gasteiger charge is 2.30. The number of hydrogen-bond acceptors (Lipinski definition) is 27. The quantitative estimate of drug-likeness (QED) is 0.0218. The van der Waals surface area contributed by atoms with E-state index in [-0.39, 0.29) is 157 Å². The van der Waals surface area contributed by atoms with Crippen molar-refractivity contribution in [3.05, 3.63) is 72.4 Å². The fraction of sp³-hybridized carbons (Fsp3) is 0.550. The molecule has 3 aromatic heterocycles. The number of amides is 4. The lowest BCUT2D eigenvalue weighted by atomic mass is 9.90. The zero-order valence-corrected chi connectivity index (χ0v) is 55.5. The molecular formula is C60H84N16O27. The van der Waals surface area contributed by atoms with Crippen molar-refractivity contribution >= 4 is 118 Å². The third kappa shape index (κ3) is 33.6. The monoisotopic (exact) mass is 1460 g/mol. The van der Waals surface area contributed by atoms with Crippen LogP contribution < -0.4 is 47.9 Å². The number of aryl methyl sites for hydroxylation is 1. The van der Waals surface area contributed by atoms with E-state index in [1.165, 1.54) is 36.4 Å². The lowest BCUT2D eigenvalue weighted by molar-refractivity contribution is -0.385. The molecule has 0 saturated carbocycles. The maximum absolute atomic E-state index is 12.7. The molecule has 3 rings (SSSR count). The molecule has 43 nitrogen and oxygen atoms in total. The van der Waals surface area contributed by atoms with Crippen molar-refractivity contribution in [2.45, 2.75) is 146 Å². The molecule has 43 heteroatoms. The van der Waals surface area contributed by atoms with Crippen LogP contribution in [-0.2, 0) is 54.4 Å². The molecular weight excluding hydrogens is 1380 g/mol. The van der Waals surface area contributed by atoms with Crippen LogP contribution in [0.4, 0.5) is 55.7 Å². The number of carbonyl (C=O) groups is 12. The number of ketones is 1. The minimum absolute atomic E-state index is 0.0159. The fourth-order valence-electron chi connectivity index (χ4n) is 10.0. The van der Waals surface area contributed by atoms with Gasteiger partial charge in [0.25, 0.3) is 5.69 Å². The zero-order valence-electron chi connectivity index (χ0n) is 55.5. The number of anilines is 5. The Morgan fingerprint density at radius 3 is 1.08 bits per heavy atom. The number of carboxylic acids is 9. The van der Waals surface area contributed by atoms with E-state index in [4.69, 9.17) is 15.3 Å². The minimum atomic E-state index is -1.62. The van der Waals surface area contributed by atoms with E-state index in [1.807, 2.05) is 15.5 Å². The van der Waals surface area contributed by atoms with Crippen molar-refractivity contribution in [1.29, 1.82) is 0 Å². The molecule has 0 aliphatic rings. The summed E-state index contributed by atoms with van der Waals surface area (Å²) >= 11 is 0. The van der Waals surface area contributed by atoms with Crippen LogP contribution in [0.2, 0.25) is 0 Å². The number of urea groups is 2. The van der Waals surface area contributed by atoms with Gasteiger partial charge in [0.05, 0.1) is 26.6 Å². The Balaban J connectivity index is 1.76. The third-order valence-electron chi connectivity index (χ3n) is 15.4. The Kier molecular flexibility index (Phi) is 37.2. The molecule has 0 aliphatic carbocycles. The number of carboxylic acid groups (broad SMARTS) is 9. The summed E-state index contributed by atoms with van der Waals surface area (Å²) < 4.78 is 0. The smallest absolute Gasteiger partial charge is 0.326 e. The highest BCUT2D eigenvalue weighted by Crippen LogP contribution is 2.27. The first-order valence-corrected chi connectivity index (χ1v) is 32.3. The summed E-state index contributed by atoms with van der Waals surface area (Å²) in [7, 11) is 0. The van der Waals surface area contributed by atoms with Crippen molar-refractivity contribution in [1.82, 2.24) is 41.1 Å². The largest absolute Gasteiger partial charge is 0.481 e. The third-order valence-corrected chi connectivity index (χ3v) is 15.4. The van der Waals surface area contributed by atoms with Gasteiger partial charge in [0, 0.05) is 103 Å². The molecule has 0 bridgehead atoms. The summed E-state index contributed by atoms with van der Waals surface area (Å²) in [4.78, 5) is 190. The standard InChI is InChI=1S/C60H84N16O27/c77-36(33-35(54(86)87)12-21-48(78)79)32-34(53(84)85)8-2-1-3-9-37-42(74(98)99)15-18-45(66-37)61-26-29-73(30-27-62-46-19-16-43(75(100)101)51(71-46)64-24-6-4-10-38(55(88)89)67-59(96)69-40(57(92)93)13-22-49(80)81)31-28-63-47-20-17-44(76(102)103)52(72-47)65-25-7-5-11-39(56(90)91)68-60(97)70-41(58(94)95)14-23-50(82)83/h15-20,34-35,38-41H,1-14,21-33H2,(H,61,66)(H,78,79)(H,80,81)(H,82,83)(H,84,85)(H,86,87)(H,88,89)(H,90,91)(H,92,93)(H,94,95)(H2,62,64,71)(H2,63,65,72)(H2,67,69,96)(H2,68,70,97)/t34-,35?,38?,39?,40+,41+/m1/s1. The molecule has 4 amide bonds. The SMILES string of the molecule is O=C(O)CCC(CC(=O)C[C@@H](CCCCCc1nc(NCCN(CCNc2ccc([N+](=O)[O-])c(NCCCCC(NC(=O)N[C@@H](CCC(=O)O)C(=O)O)C(=O)O)n2)CCNc2ccc([N+](=O)[O-])c(NCCCCC(NC(=O)N[C@@H](CCC(=O)O)C(=O)O)C(=O)O)n2)ccc1[N+](=O)[O-])C(=O)O)C(=O)O. The minimum Gasteiger partial charge on any atom is -0.481 e. The van der Waals surface area contributed by atoms with Crippen molar-refractivity contribution < 1.29 is 118 Å². The maximum atomic E-state index is 12.7. The average Bonchev–Trinajstić information content (AvgIpc) is 0.857. The Morgan fingerprint density at radius 1 is 0.379 bits per heavy atom. The first kappa shape index (κ1) is 85.3. The van der Waals surface area contributed by atoms with E-state index >= 15 is 0 Å². The Hall–Kier alpha value is -11.9. The molecule has 103 heavy (non-hydrogen) atoms. The van der Waals surface area contributed by atoms with Gasteiger partial charge in [0.1, 0.15) is 53.1 Å². The van der Waals surface area contributed by atoms with Gasteiger partial charge in [-0.1, -0.05) is 12.8 Å². The topological polar surface area (TPSA) is 667 Å². The lowest BCUT2D eigenvalue weighted by Crippen LogP contribution is -2.51. The van der Waals surface area contributed by atoms with Gasteiger partial charge < -0.3 is 93.8 Å². The zero-order chi connectivity index (χ0) is 76.7. The number of nitro groups is 3. The van der Waals surface area contributed by atoms with Crippen LogP contribution in [0.3, 0.4) is 0 Å². The molecule has 18 N–H and O–H groups in total. The highest BCUT2D eigenvalue weighted by atomic mass is 16.6. The summed E-state index contributed by atoms with van der Waals surface area (Å²) in [5, 5.41) is 144. The van der Waals surface area contributed by atoms with Crippen molar-refractivity contribution in [2.75, 3.05) is 78.9 Å². The van der Waals surface area contributed by atoms with Gasteiger partial charge >= 0.3 is 77.2 Å². The van der Waals surface area contributed by atoms with E-state index in [2.05, 4.69) is 52.2 Å². The summed E-state index contributed by atoms with van der Waals surface area (Å²) in [5.74, 6) is -15.5. The van der Waals surface area contributed by atoms with Gasteiger partial charge in [-0.15, -0.1) is 0 Å². The summed E-state index contributed by atoms with van der Waals surface area (Å²) in [6.07, 6.45) is -2.67. The average molecular weight is 1460 g/mol. The second kappa shape index (κ2) is 44.9. The van der Waals surface area contributed by atoms with Crippen LogP contribution in [0, 0.1) is 42.2 Å². The number of Topliss-reactive ketones (excluding diaryl/α,β-unsaturated/α-hetero) is 1. The number of rotatable bonds is 56. The van der Waals surface area contributed by atoms with E-state index in [0.29, 0.717) is 12.8 Å². The molecule has 0 fully saturated rings. The van der Waals surface area contributed by atoms with Crippen molar-refractivity contribution in [3.8, 4) is 0 Å². The Morgan fingerprint density at radius 2 is 0.718 bits per heavy atom. The van der Waals surface area contributed by atoms with Gasteiger partial charge in [-0.3, -0.25) is 64.0 Å². The molecule has 566 valence electrons. The molecule has 0 saturated heterocycles. The van der Waals surface area contributed by atoms with Gasteiger partial charge in [-0.25, -0.2) is 43.7 Å². The van der Waals surface area contributed by atoms with Crippen molar-refractivity contribution in [2.24, 2.45) is 11.8 Å². The number of unbranched alkanes of at least 4 members (excludes halogenated alkanes) is 4. The summed E-state index contributed by atoms with van der Waals surface area (Å²) in [6.45, 7) is 1.16. The molecule has 3 unspecified atom stereocenters. The normalized spacial score (nSPS) is 12.7. The molecule has 0 radical (unpaired) electrons. The molecule has 3 aromatic rings. The Labute approximate surface area is 584 Å². The number of carbonyl (C=O) groups excluding carboxylic acids is 3. The first-order chi connectivity index (χ1) is 48.7.